The van der Waals surface area contributed by atoms with Crippen LogP contribution in [0.15, 0.2) is 127 Å². The van der Waals surface area contributed by atoms with Crippen LogP contribution in [0.25, 0.3) is 11.6 Å². The molecule has 2 atom stereocenters. The van der Waals surface area contributed by atoms with Crippen LogP contribution in [-0.2, 0) is 6.42 Å². The first-order valence-corrected chi connectivity index (χ1v) is 15.7. The summed E-state index contributed by atoms with van der Waals surface area (Å²) in [6.07, 6.45) is 6.28. The average molecular weight is 572 g/mol. The lowest BCUT2D eigenvalue weighted by molar-refractivity contribution is 0.0838. The van der Waals surface area contributed by atoms with Crippen LogP contribution in [0.4, 0.5) is 11.4 Å². The number of Topliss-reactive ketones (excluding diaryl/α,β-unsaturated/α-hetero) is 2. The van der Waals surface area contributed by atoms with Gasteiger partial charge in [-0.3, -0.25) is 9.59 Å². The summed E-state index contributed by atoms with van der Waals surface area (Å²) in [4.78, 5) is 28.7. The van der Waals surface area contributed by atoms with Crippen molar-refractivity contribution in [2.45, 2.75) is 37.6 Å². The lowest BCUT2D eigenvalue weighted by Crippen LogP contribution is -2.26. The zero-order valence-corrected chi connectivity index (χ0v) is 24.5. The lowest BCUT2D eigenvalue weighted by atomic mass is 9.91. The van der Waals surface area contributed by atoms with Crippen LogP contribution in [0.1, 0.15) is 73.7 Å². The topological polar surface area (TPSA) is 37.4 Å². The third-order valence-electron chi connectivity index (χ3n) is 9.74. The molecule has 0 bridgehead atoms. The van der Waals surface area contributed by atoms with Gasteiger partial charge in [0, 0.05) is 34.5 Å². The van der Waals surface area contributed by atoms with Crippen molar-refractivity contribution in [2.24, 2.45) is 5.92 Å². The van der Waals surface area contributed by atoms with E-state index in [4.69, 9.17) is 0 Å². The quantitative estimate of drug-likeness (QED) is 0.151. The van der Waals surface area contributed by atoms with Gasteiger partial charge >= 0.3 is 0 Å². The zero-order chi connectivity index (χ0) is 29.6. The van der Waals surface area contributed by atoms with Gasteiger partial charge in [-0.1, -0.05) is 116 Å². The maximum Gasteiger partial charge on any atom is 0.174 e. The Morgan fingerprint density at radius 3 is 1.93 bits per heavy atom. The maximum absolute atomic E-state index is 13.1. The largest absolute Gasteiger partial charge is 0.338 e. The second kappa shape index (κ2) is 10.9. The number of fused-ring (bicyclic) bond motifs is 4. The highest BCUT2D eigenvalue weighted by Crippen LogP contribution is 2.52. The molecule has 0 saturated heterocycles. The third-order valence-corrected chi connectivity index (χ3v) is 9.74. The molecule has 3 nitrogen and oxygen atoms in total. The Labute approximate surface area is 258 Å². The zero-order valence-electron chi connectivity index (χ0n) is 24.5. The molecule has 0 amide bonds. The van der Waals surface area contributed by atoms with Crippen molar-refractivity contribution >= 4 is 34.6 Å². The van der Waals surface area contributed by atoms with E-state index in [1.165, 1.54) is 52.0 Å². The summed E-state index contributed by atoms with van der Waals surface area (Å²) in [5, 5.41) is 0. The Bertz CT molecular complexity index is 1830. The van der Waals surface area contributed by atoms with Crippen molar-refractivity contribution in [1.29, 1.82) is 0 Å². The molecule has 0 aromatic heterocycles. The molecule has 1 fully saturated rings. The first kappa shape index (κ1) is 26.6. The molecule has 2 aliphatic carbocycles. The summed E-state index contributed by atoms with van der Waals surface area (Å²) in [5.41, 5.74) is 10.8. The number of carbonyl (C=O) groups excluding carboxylic acids is 2. The minimum Gasteiger partial charge on any atom is -0.338 e. The molecule has 5 aromatic carbocycles. The lowest BCUT2D eigenvalue weighted by Gasteiger charge is -2.27. The van der Waals surface area contributed by atoms with Gasteiger partial charge in [-0.2, -0.15) is 0 Å². The van der Waals surface area contributed by atoms with Crippen LogP contribution in [0.3, 0.4) is 0 Å². The van der Waals surface area contributed by atoms with E-state index in [2.05, 4.69) is 114 Å². The van der Waals surface area contributed by atoms with E-state index in [1.54, 1.807) is 12.1 Å². The Kier molecular flexibility index (Phi) is 6.60. The van der Waals surface area contributed by atoms with Gasteiger partial charge in [-0.15, -0.1) is 0 Å². The summed E-state index contributed by atoms with van der Waals surface area (Å²) < 4.78 is 0. The minimum atomic E-state index is -0.611. The van der Waals surface area contributed by atoms with Gasteiger partial charge in [0.2, 0.25) is 0 Å². The molecule has 0 N–H and O–H groups in total. The monoisotopic (exact) mass is 571 g/mol. The van der Waals surface area contributed by atoms with Crippen LogP contribution in [-0.4, -0.2) is 17.6 Å². The van der Waals surface area contributed by atoms with Gasteiger partial charge in [0.05, 0.1) is 5.92 Å². The standard InChI is InChI=1S/C41H33NO2/c43-40-33-14-7-8-15-34(33)41(44)37(40)26-28-20-23-39-36(25-28)32-16-9-17-38(32)42(39)31-21-18-27(19-22-31)24-35(29-10-3-1-4-11-29)30-12-5-2-6-13-30/h1-8,10-15,18-25,32,37-38H,9,16-17,26H2. The van der Waals surface area contributed by atoms with Gasteiger partial charge < -0.3 is 4.90 Å². The predicted octanol–water partition coefficient (Wildman–Crippen LogP) is 9.30. The highest BCUT2D eigenvalue weighted by Gasteiger charge is 2.43. The average Bonchev–Trinajstić information content (AvgIpc) is 3.74. The number of hydrogen-bond acceptors (Lipinski definition) is 3. The number of carbonyl (C=O) groups is 2. The highest BCUT2D eigenvalue weighted by atomic mass is 16.2. The number of anilines is 2. The first-order valence-electron chi connectivity index (χ1n) is 15.7. The molecule has 5 aromatic rings. The second-order valence-corrected chi connectivity index (χ2v) is 12.3. The molecule has 44 heavy (non-hydrogen) atoms. The Morgan fingerprint density at radius 1 is 0.682 bits per heavy atom. The Hall–Kier alpha value is -5.02. The molecule has 214 valence electrons. The summed E-state index contributed by atoms with van der Waals surface area (Å²) in [7, 11) is 0. The molecule has 0 spiro atoms. The molecule has 1 aliphatic heterocycles. The molecular weight excluding hydrogens is 538 g/mol. The fourth-order valence-electron chi connectivity index (χ4n) is 7.66. The van der Waals surface area contributed by atoms with Crippen LogP contribution in [0.5, 0.6) is 0 Å². The third kappa shape index (κ3) is 4.51. The minimum absolute atomic E-state index is 0.0386. The maximum atomic E-state index is 13.1. The summed E-state index contributed by atoms with van der Waals surface area (Å²) in [5.74, 6) is -0.217. The van der Waals surface area contributed by atoms with Gasteiger partial charge in [0.25, 0.3) is 0 Å². The fraction of sp³-hybridized carbons (Fsp3) is 0.171. The second-order valence-electron chi connectivity index (χ2n) is 12.3. The molecule has 1 heterocycles. The summed E-state index contributed by atoms with van der Waals surface area (Å²) in [6, 6.07) is 44.4. The SMILES string of the molecule is O=C1c2ccccc2C(=O)C1Cc1ccc2c(c1)C1CCCC1N2c1ccc(C=C(c2ccccc2)c2ccccc2)cc1. The normalized spacial score (nSPS) is 18.7. The van der Waals surface area contributed by atoms with Crippen molar-refractivity contribution in [1.82, 2.24) is 0 Å². The van der Waals surface area contributed by atoms with Crippen LogP contribution >= 0.6 is 0 Å². The number of rotatable bonds is 6. The van der Waals surface area contributed by atoms with Gasteiger partial charge in [-0.05, 0) is 76.9 Å². The number of benzene rings is 5. The smallest absolute Gasteiger partial charge is 0.174 e. The van der Waals surface area contributed by atoms with E-state index in [0.717, 1.165) is 12.0 Å². The van der Waals surface area contributed by atoms with Crippen LogP contribution in [0, 0.1) is 5.92 Å². The highest BCUT2D eigenvalue weighted by molar-refractivity contribution is 6.26. The Morgan fingerprint density at radius 2 is 1.30 bits per heavy atom. The van der Waals surface area contributed by atoms with E-state index < -0.39 is 5.92 Å². The molecule has 2 unspecified atom stereocenters. The molecule has 3 heteroatoms. The molecule has 1 saturated carbocycles. The molecule has 8 rings (SSSR count). The van der Waals surface area contributed by atoms with Crippen LogP contribution in [0.2, 0.25) is 0 Å². The van der Waals surface area contributed by atoms with Crippen molar-refractivity contribution in [2.75, 3.05) is 4.90 Å². The summed E-state index contributed by atoms with van der Waals surface area (Å²) in [6.45, 7) is 0. The predicted molar refractivity (Wildman–Crippen MR) is 178 cm³/mol. The van der Waals surface area contributed by atoms with Crippen LogP contribution < -0.4 is 4.90 Å². The van der Waals surface area contributed by atoms with Crippen molar-refractivity contribution in [3.05, 3.63) is 166 Å². The van der Waals surface area contributed by atoms with Gasteiger partial charge in [0.15, 0.2) is 11.6 Å². The number of nitrogens with zero attached hydrogens (tertiary/aromatic N) is 1. The summed E-state index contributed by atoms with van der Waals surface area (Å²) >= 11 is 0. The van der Waals surface area contributed by atoms with E-state index in [0.29, 0.717) is 29.5 Å². The number of hydrogen-bond donors (Lipinski definition) is 0. The van der Waals surface area contributed by atoms with Gasteiger partial charge in [0.1, 0.15) is 0 Å². The molecular formula is C41H33NO2. The van der Waals surface area contributed by atoms with E-state index in [9.17, 15) is 9.59 Å². The first-order chi connectivity index (χ1) is 21.7. The fourth-order valence-corrected chi connectivity index (χ4v) is 7.66. The van der Waals surface area contributed by atoms with Gasteiger partial charge in [-0.25, -0.2) is 0 Å². The van der Waals surface area contributed by atoms with Crippen molar-refractivity contribution < 1.29 is 9.59 Å². The van der Waals surface area contributed by atoms with E-state index in [1.807, 2.05) is 12.1 Å². The van der Waals surface area contributed by atoms with E-state index >= 15 is 0 Å². The number of ketones is 2. The van der Waals surface area contributed by atoms with E-state index in [-0.39, 0.29) is 11.6 Å². The van der Waals surface area contributed by atoms with Crippen molar-refractivity contribution in [3.8, 4) is 0 Å². The Balaban J connectivity index is 1.09. The van der Waals surface area contributed by atoms with Crippen molar-refractivity contribution in [3.63, 3.8) is 0 Å². The molecule has 3 aliphatic rings. The molecule has 0 radical (unpaired) electrons.